The van der Waals surface area contributed by atoms with Crippen LogP contribution in [0.5, 0.6) is 0 Å². The molecule has 4 heteroatoms. The van der Waals surface area contributed by atoms with Crippen LogP contribution in [0.25, 0.3) is 11.5 Å². The average Bonchev–Trinajstić information content (AvgIpc) is 3.02. The van der Waals surface area contributed by atoms with Gasteiger partial charge in [-0.25, -0.2) is 0 Å². The van der Waals surface area contributed by atoms with E-state index in [2.05, 4.69) is 47.6 Å². The lowest BCUT2D eigenvalue weighted by atomic mass is 10.0. The fraction of sp³-hybridized carbons (Fsp3) is 0.263. The summed E-state index contributed by atoms with van der Waals surface area (Å²) in [5.41, 5.74) is 4.50. The third-order valence-electron chi connectivity index (χ3n) is 3.86. The van der Waals surface area contributed by atoms with Gasteiger partial charge in [-0.05, 0) is 36.1 Å². The van der Waals surface area contributed by atoms with Gasteiger partial charge in [0, 0.05) is 11.3 Å². The number of aryl methyl sites for hydroxylation is 1. The van der Waals surface area contributed by atoms with E-state index < -0.39 is 0 Å². The Hall–Kier alpha value is -2.62. The highest BCUT2D eigenvalue weighted by molar-refractivity contribution is 5.57. The molecule has 0 spiro atoms. The first-order valence-electron chi connectivity index (χ1n) is 7.86. The summed E-state index contributed by atoms with van der Waals surface area (Å²) in [5, 5.41) is 11.7. The van der Waals surface area contributed by atoms with Crippen molar-refractivity contribution in [1.29, 1.82) is 0 Å². The minimum atomic E-state index is 0.462. The fourth-order valence-electron chi connectivity index (χ4n) is 2.58. The maximum absolute atomic E-state index is 5.79. The molecule has 0 saturated carbocycles. The number of aromatic nitrogens is 2. The van der Waals surface area contributed by atoms with Crippen molar-refractivity contribution in [2.75, 3.05) is 5.32 Å². The zero-order chi connectivity index (χ0) is 16.2. The molecule has 0 saturated heterocycles. The van der Waals surface area contributed by atoms with E-state index >= 15 is 0 Å². The SMILES string of the molecule is Cc1ccccc1-c1nnc(CNc2ccccc2C(C)C)o1. The van der Waals surface area contributed by atoms with Crippen LogP contribution in [0.2, 0.25) is 0 Å². The molecule has 0 atom stereocenters. The van der Waals surface area contributed by atoms with Crippen molar-refractivity contribution in [3.05, 3.63) is 65.5 Å². The van der Waals surface area contributed by atoms with Crippen LogP contribution in [-0.4, -0.2) is 10.2 Å². The number of nitrogens with one attached hydrogen (secondary N) is 1. The van der Waals surface area contributed by atoms with E-state index in [1.807, 2.05) is 37.3 Å². The van der Waals surface area contributed by atoms with Crippen molar-refractivity contribution in [3.8, 4) is 11.5 Å². The first kappa shape index (κ1) is 15.3. The van der Waals surface area contributed by atoms with Gasteiger partial charge in [-0.3, -0.25) is 0 Å². The number of anilines is 1. The van der Waals surface area contributed by atoms with Crippen molar-refractivity contribution < 1.29 is 4.42 Å². The van der Waals surface area contributed by atoms with Crippen LogP contribution in [0.4, 0.5) is 5.69 Å². The number of rotatable bonds is 5. The van der Waals surface area contributed by atoms with Gasteiger partial charge < -0.3 is 9.73 Å². The molecule has 1 aromatic heterocycles. The highest BCUT2D eigenvalue weighted by atomic mass is 16.4. The lowest BCUT2D eigenvalue weighted by Gasteiger charge is -2.13. The van der Waals surface area contributed by atoms with Crippen molar-refractivity contribution in [3.63, 3.8) is 0 Å². The molecule has 0 radical (unpaired) electrons. The van der Waals surface area contributed by atoms with Crippen LogP contribution in [-0.2, 0) is 6.54 Å². The van der Waals surface area contributed by atoms with Gasteiger partial charge >= 0.3 is 0 Å². The van der Waals surface area contributed by atoms with E-state index in [1.54, 1.807) is 0 Å². The van der Waals surface area contributed by atoms with Gasteiger partial charge in [0.2, 0.25) is 11.8 Å². The van der Waals surface area contributed by atoms with Crippen LogP contribution < -0.4 is 5.32 Å². The molecule has 23 heavy (non-hydrogen) atoms. The van der Waals surface area contributed by atoms with E-state index in [0.717, 1.165) is 16.8 Å². The highest BCUT2D eigenvalue weighted by Crippen LogP contribution is 2.25. The Kier molecular flexibility index (Phi) is 4.42. The minimum Gasteiger partial charge on any atom is -0.419 e. The molecule has 3 rings (SSSR count). The fourth-order valence-corrected chi connectivity index (χ4v) is 2.58. The smallest absolute Gasteiger partial charge is 0.248 e. The summed E-state index contributed by atoms with van der Waals surface area (Å²) >= 11 is 0. The Morgan fingerprint density at radius 2 is 1.74 bits per heavy atom. The van der Waals surface area contributed by atoms with Crippen molar-refractivity contribution in [2.24, 2.45) is 0 Å². The summed E-state index contributed by atoms with van der Waals surface area (Å²) in [7, 11) is 0. The van der Waals surface area contributed by atoms with Crippen LogP contribution >= 0.6 is 0 Å². The molecule has 2 aromatic carbocycles. The van der Waals surface area contributed by atoms with Crippen molar-refractivity contribution >= 4 is 5.69 Å². The maximum Gasteiger partial charge on any atom is 0.248 e. The van der Waals surface area contributed by atoms with Gasteiger partial charge in [-0.1, -0.05) is 50.2 Å². The van der Waals surface area contributed by atoms with Crippen LogP contribution in [0, 0.1) is 6.92 Å². The summed E-state index contributed by atoms with van der Waals surface area (Å²) in [6.07, 6.45) is 0. The summed E-state index contributed by atoms with van der Waals surface area (Å²) in [5.74, 6) is 1.61. The van der Waals surface area contributed by atoms with E-state index in [9.17, 15) is 0 Å². The Balaban J connectivity index is 1.75. The molecule has 0 aliphatic heterocycles. The third-order valence-corrected chi connectivity index (χ3v) is 3.86. The predicted molar refractivity (Wildman–Crippen MR) is 92.3 cm³/mol. The standard InChI is InChI=1S/C19H21N3O/c1-13(2)15-9-6-7-11-17(15)20-12-18-21-22-19(23-18)16-10-5-4-8-14(16)3/h4-11,13,20H,12H2,1-3H3. The molecule has 4 nitrogen and oxygen atoms in total. The number of benzene rings is 2. The summed E-state index contributed by atoms with van der Waals surface area (Å²) < 4.78 is 5.79. The number of hydrogen-bond acceptors (Lipinski definition) is 4. The van der Waals surface area contributed by atoms with Crippen LogP contribution in [0.1, 0.15) is 36.8 Å². The molecule has 0 aliphatic rings. The molecule has 0 aliphatic carbocycles. The highest BCUT2D eigenvalue weighted by Gasteiger charge is 2.11. The quantitative estimate of drug-likeness (QED) is 0.737. The van der Waals surface area contributed by atoms with Crippen LogP contribution in [0.3, 0.4) is 0 Å². The first-order valence-corrected chi connectivity index (χ1v) is 7.86. The Morgan fingerprint density at radius 1 is 1.00 bits per heavy atom. The summed E-state index contributed by atoms with van der Waals surface area (Å²) in [6.45, 7) is 6.92. The molecule has 1 N–H and O–H groups in total. The monoisotopic (exact) mass is 307 g/mol. The molecule has 3 aromatic rings. The van der Waals surface area contributed by atoms with Gasteiger partial charge in [-0.15, -0.1) is 10.2 Å². The molecule has 0 amide bonds. The first-order chi connectivity index (χ1) is 11.1. The second-order valence-corrected chi connectivity index (χ2v) is 5.91. The number of hydrogen-bond donors (Lipinski definition) is 1. The largest absolute Gasteiger partial charge is 0.419 e. The molecular formula is C19H21N3O. The van der Waals surface area contributed by atoms with Crippen molar-refractivity contribution in [2.45, 2.75) is 33.2 Å². The molecule has 0 unspecified atom stereocenters. The van der Waals surface area contributed by atoms with E-state index in [0.29, 0.717) is 24.2 Å². The van der Waals surface area contributed by atoms with Gasteiger partial charge in [-0.2, -0.15) is 0 Å². The topological polar surface area (TPSA) is 51.0 Å². The Morgan fingerprint density at radius 3 is 2.52 bits per heavy atom. The average molecular weight is 307 g/mol. The molecular weight excluding hydrogens is 286 g/mol. The van der Waals surface area contributed by atoms with E-state index in [4.69, 9.17) is 4.42 Å². The molecule has 0 bridgehead atoms. The summed E-state index contributed by atoms with van der Waals surface area (Å²) in [4.78, 5) is 0. The zero-order valence-electron chi connectivity index (χ0n) is 13.7. The minimum absolute atomic E-state index is 0.462. The van der Waals surface area contributed by atoms with Crippen LogP contribution in [0.15, 0.2) is 52.9 Å². The lowest BCUT2D eigenvalue weighted by Crippen LogP contribution is -2.03. The summed E-state index contributed by atoms with van der Waals surface area (Å²) in [6, 6.07) is 16.3. The third kappa shape index (κ3) is 3.42. The van der Waals surface area contributed by atoms with Gasteiger partial charge in [0.1, 0.15) is 0 Å². The van der Waals surface area contributed by atoms with Gasteiger partial charge in [0.25, 0.3) is 0 Å². The zero-order valence-corrected chi connectivity index (χ0v) is 13.7. The lowest BCUT2D eigenvalue weighted by molar-refractivity contribution is 0.514. The Bertz CT molecular complexity index is 793. The number of para-hydroxylation sites is 1. The normalized spacial score (nSPS) is 11.0. The van der Waals surface area contributed by atoms with Gasteiger partial charge in [0.15, 0.2) is 0 Å². The number of nitrogens with zero attached hydrogens (tertiary/aromatic N) is 2. The molecule has 0 fully saturated rings. The van der Waals surface area contributed by atoms with E-state index in [1.165, 1.54) is 5.56 Å². The molecule has 118 valence electrons. The second-order valence-electron chi connectivity index (χ2n) is 5.91. The second kappa shape index (κ2) is 6.65. The Labute approximate surface area is 136 Å². The molecule has 1 heterocycles. The van der Waals surface area contributed by atoms with Gasteiger partial charge in [0.05, 0.1) is 6.54 Å². The maximum atomic E-state index is 5.79. The van der Waals surface area contributed by atoms with E-state index in [-0.39, 0.29) is 0 Å². The van der Waals surface area contributed by atoms with Crippen molar-refractivity contribution in [1.82, 2.24) is 10.2 Å². The predicted octanol–water partition coefficient (Wildman–Crippen LogP) is 4.78.